The van der Waals surface area contributed by atoms with Gasteiger partial charge in [-0.3, -0.25) is 9.59 Å². The zero-order valence-electron chi connectivity index (χ0n) is 10.9. The van der Waals surface area contributed by atoms with Gasteiger partial charge < -0.3 is 4.90 Å². The monoisotopic (exact) mass is 245 g/mol. The number of carbonyl (C=O) groups excluding carboxylic acids is 2. The van der Waals surface area contributed by atoms with Gasteiger partial charge in [0.25, 0.3) is 0 Å². The number of nitrogens with zero attached hydrogens (tertiary/aromatic N) is 1. The van der Waals surface area contributed by atoms with Crippen LogP contribution in [-0.4, -0.2) is 41.2 Å². The largest absolute Gasteiger partial charge is 0.338 e. The van der Waals surface area contributed by atoms with E-state index in [1.807, 2.05) is 13.8 Å². The van der Waals surface area contributed by atoms with E-state index in [-0.39, 0.29) is 24.2 Å². The predicted molar refractivity (Wildman–Crippen MR) is 69.7 cm³/mol. The predicted octanol–water partition coefficient (Wildman–Crippen LogP) is 2.20. The summed E-state index contributed by atoms with van der Waals surface area (Å²) in [6, 6.07) is 0. The fraction of sp³-hybridized carbons (Fsp3) is 0.833. The molecule has 0 saturated heterocycles. The second-order valence-corrected chi connectivity index (χ2v) is 6.22. The van der Waals surface area contributed by atoms with Crippen LogP contribution in [0.4, 0.5) is 0 Å². The molecule has 0 aromatic rings. The maximum absolute atomic E-state index is 11.6. The molecule has 3 nitrogen and oxygen atoms in total. The van der Waals surface area contributed by atoms with Crippen molar-refractivity contribution in [2.75, 3.05) is 19.3 Å². The summed E-state index contributed by atoms with van der Waals surface area (Å²) in [6.45, 7) is 8.18. The van der Waals surface area contributed by atoms with Crippen molar-refractivity contribution >= 4 is 23.5 Å². The first kappa shape index (κ1) is 15.5. The topological polar surface area (TPSA) is 37.4 Å². The Labute approximate surface area is 103 Å². The molecule has 0 aliphatic heterocycles. The number of Topliss-reactive ketones (excluding diaryl/α,β-unsaturated/α-hetero) is 1. The molecule has 16 heavy (non-hydrogen) atoms. The molecule has 0 N–H and O–H groups in total. The number of likely N-dealkylation sites (N-methyl/N-ethyl adjacent to an activating group) is 1. The third kappa shape index (κ3) is 6.88. The summed E-state index contributed by atoms with van der Waals surface area (Å²) in [5.74, 6) is 1.01. The zero-order chi connectivity index (χ0) is 12.7. The molecule has 0 saturated carbocycles. The molecule has 0 bridgehead atoms. The van der Waals surface area contributed by atoms with E-state index in [2.05, 4.69) is 13.8 Å². The SMILES string of the molecule is CC(C)SCCC(=O)N(C)CC(=O)C(C)C. The van der Waals surface area contributed by atoms with E-state index in [1.165, 1.54) is 4.90 Å². The lowest BCUT2D eigenvalue weighted by atomic mass is 10.1. The number of ketones is 1. The van der Waals surface area contributed by atoms with E-state index >= 15 is 0 Å². The fourth-order valence-corrected chi connectivity index (χ4v) is 1.84. The standard InChI is InChI=1S/C12H23NO2S/c1-9(2)11(14)8-13(5)12(15)6-7-16-10(3)4/h9-10H,6-8H2,1-5H3. The minimum absolute atomic E-state index is 0.000268. The molecule has 0 radical (unpaired) electrons. The van der Waals surface area contributed by atoms with E-state index < -0.39 is 0 Å². The highest BCUT2D eigenvalue weighted by molar-refractivity contribution is 7.99. The summed E-state index contributed by atoms with van der Waals surface area (Å²) in [6.07, 6.45) is 0.519. The van der Waals surface area contributed by atoms with Gasteiger partial charge in [-0.1, -0.05) is 27.7 Å². The smallest absolute Gasteiger partial charge is 0.223 e. The van der Waals surface area contributed by atoms with Crippen LogP contribution in [0.1, 0.15) is 34.1 Å². The van der Waals surface area contributed by atoms with E-state index in [0.29, 0.717) is 11.7 Å². The summed E-state index contributed by atoms with van der Waals surface area (Å²) in [5.41, 5.74) is 0. The molecule has 0 rings (SSSR count). The highest BCUT2D eigenvalue weighted by Crippen LogP contribution is 2.11. The molecule has 0 atom stereocenters. The van der Waals surface area contributed by atoms with Crippen LogP contribution in [0.5, 0.6) is 0 Å². The summed E-state index contributed by atoms with van der Waals surface area (Å²) < 4.78 is 0. The molecular weight excluding hydrogens is 222 g/mol. The van der Waals surface area contributed by atoms with Gasteiger partial charge in [0, 0.05) is 25.1 Å². The van der Waals surface area contributed by atoms with Crippen molar-refractivity contribution in [3.8, 4) is 0 Å². The van der Waals surface area contributed by atoms with Crippen LogP contribution in [0.3, 0.4) is 0 Å². The molecule has 0 aliphatic rings. The lowest BCUT2D eigenvalue weighted by Gasteiger charge is -2.17. The fourth-order valence-electron chi connectivity index (χ4n) is 1.08. The first-order valence-corrected chi connectivity index (χ1v) is 6.77. The van der Waals surface area contributed by atoms with Gasteiger partial charge >= 0.3 is 0 Å². The first-order valence-electron chi connectivity index (χ1n) is 5.72. The molecule has 0 fully saturated rings. The first-order chi connectivity index (χ1) is 7.34. The maximum atomic E-state index is 11.6. The zero-order valence-corrected chi connectivity index (χ0v) is 11.8. The number of hydrogen-bond acceptors (Lipinski definition) is 3. The summed E-state index contributed by atoms with van der Waals surface area (Å²) in [5, 5.41) is 0.551. The van der Waals surface area contributed by atoms with Crippen LogP contribution in [0.15, 0.2) is 0 Å². The Kier molecular flexibility index (Phi) is 7.47. The number of rotatable bonds is 7. The van der Waals surface area contributed by atoms with Crippen LogP contribution in [-0.2, 0) is 9.59 Å². The Bertz CT molecular complexity index is 239. The molecule has 1 amide bonds. The second-order valence-electron chi connectivity index (χ2n) is 4.54. The van der Waals surface area contributed by atoms with Crippen molar-refractivity contribution in [1.29, 1.82) is 0 Å². The Morgan fingerprint density at radius 2 is 1.75 bits per heavy atom. The third-order valence-corrected chi connectivity index (χ3v) is 3.34. The minimum Gasteiger partial charge on any atom is -0.338 e. The summed E-state index contributed by atoms with van der Waals surface area (Å²) >= 11 is 1.77. The van der Waals surface area contributed by atoms with Crippen molar-refractivity contribution in [2.24, 2.45) is 5.92 Å². The normalized spacial score (nSPS) is 10.9. The molecule has 0 unspecified atom stereocenters. The van der Waals surface area contributed by atoms with Crippen LogP contribution in [0, 0.1) is 5.92 Å². The maximum Gasteiger partial charge on any atom is 0.223 e. The average molecular weight is 245 g/mol. The average Bonchev–Trinajstić information content (AvgIpc) is 2.16. The van der Waals surface area contributed by atoms with E-state index in [9.17, 15) is 9.59 Å². The van der Waals surface area contributed by atoms with E-state index in [1.54, 1.807) is 18.8 Å². The van der Waals surface area contributed by atoms with Crippen molar-refractivity contribution in [3.05, 3.63) is 0 Å². The van der Waals surface area contributed by atoms with Gasteiger partial charge in [-0.2, -0.15) is 11.8 Å². The van der Waals surface area contributed by atoms with Crippen molar-refractivity contribution in [3.63, 3.8) is 0 Å². The van der Waals surface area contributed by atoms with Gasteiger partial charge in [-0.25, -0.2) is 0 Å². The van der Waals surface area contributed by atoms with Crippen molar-refractivity contribution < 1.29 is 9.59 Å². The quantitative estimate of drug-likeness (QED) is 0.690. The van der Waals surface area contributed by atoms with Gasteiger partial charge in [0.05, 0.1) is 6.54 Å². The van der Waals surface area contributed by atoms with Crippen LogP contribution in [0.2, 0.25) is 0 Å². The minimum atomic E-state index is 0.000268. The highest BCUT2D eigenvalue weighted by Gasteiger charge is 2.14. The molecule has 0 aromatic heterocycles. The lowest BCUT2D eigenvalue weighted by Crippen LogP contribution is -2.34. The van der Waals surface area contributed by atoms with Crippen molar-refractivity contribution in [1.82, 2.24) is 4.90 Å². The lowest BCUT2D eigenvalue weighted by molar-refractivity contribution is -0.134. The van der Waals surface area contributed by atoms with Crippen LogP contribution in [0.25, 0.3) is 0 Å². The van der Waals surface area contributed by atoms with Gasteiger partial charge in [-0.05, 0) is 5.25 Å². The molecule has 94 valence electrons. The highest BCUT2D eigenvalue weighted by atomic mass is 32.2. The van der Waals surface area contributed by atoms with Gasteiger partial charge in [0.15, 0.2) is 5.78 Å². The Hall–Kier alpha value is -0.510. The molecule has 0 aliphatic carbocycles. The molecule has 0 aromatic carbocycles. The summed E-state index contributed by atoms with van der Waals surface area (Å²) in [4.78, 5) is 24.6. The van der Waals surface area contributed by atoms with E-state index in [0.717, 1.165) is 5.75 Å². The van der Waals surface area contributed by atoms with E-state index in [4.69, 9.17) is 0 Å². The Morgan fingerprint density at radius 3 is 2.19 bits per heavy atom. The molecule has 0 spiro atoms. The molecule has 0 heterocycles. The van der Waals surface area contributed by atoms with Crippen LogP contribution >= 0.6 is 11.8 Å². The second kappa shape index (κ2) is 7.71. The summed E-state index contributed by atoms with van der Waals surface area (Å²) in [7, 11) is 1.70. The number of carbonyl (C=O) groups is 2. The third-order valence-electron chi connectivity index (χ3n) is 2.23. The van der Waals surface area contributed by atoms with Crippen molar-refractivity contribution in [2.45, 2.75) is 39.4 Å². The van der Waals surface area contributed by atoms with Gasteiger partial charge in [0.1, 0.15) is 0 Å². The van der Waals surface area contributed by atoms with Gasteiger partial charge in [0.2, 0.25) is 5.91 Å². The van der Waals surface area contributed by atoms with Crippen LogP contribution < -0.4 is 0 Å². The molecular formula is C12H23NO2S. The molecule has 4 heteroatoms. The Morgan fingerprint density at radius 1 is 1.19 bits per heavy atom. The number of hydrogen-bond donors (Lipinski definition) is 0. The van der Waals surface area contributed by atoms with Gasteiger partial charge in [-0.15, -0.1) is 0 Å². The Balaban J connectivity index is 3.86. The number of amides is 1. The number of thioether (sulfide) groups is 1.